The molecule has 4 heterocycles. The fourth-order valence-electron chi connectivity index (χ4n) is 4.36. The van der Waals surface area contributed by atoms with Gasteiger partial charge in [-0.2, -0.15) is 0 Å². The highest BCUT2D eigenvalue weighted by Crippen LogP contribution is 2.53. The van der Waals surface area contributed by atoms with Gasteiger partial charge in [-0.3, -0.25) is 4.90 Å². The third-order valence-corrected chi connectivity index (χ3v) is 5.01. The van der Waals surface area contributed by atoms with Crippen molar-refractivity contribution >= 4 is 5.97 Å². The maximum Gasteiger partial charge on any atom is 0.331 e. The minimum absolute atomic E-state index is 0.208. The van der Waals surface area contributed by atoms with Crippen LogP contribution < -0.4 is 0 Å². The van der Waals surface area contributed by atoms with Crippen molar-refractivity contribution in [1.29, 1.82) is 0 Å². The smallest absolute Gasteiger partial charge is 0.331 e. The number of aliphatic hydroxyl groups is 1. The molecular formula is C13H17NO3. The zero-order valence-electron chi connectivity index (χ0n) is 9.76. The average Bonchev–Trinajstić information content (AvgIpc) is 2.64. The first-order valence-corrected chi connectivity index (χ1v) is 6.58. The van der Waals surface area contributed by atoms with Crippen molar-refractivity contribution in [3.05, 3.63) is 11.6 Å². The number of ether oxygens (including phenoxy) is 1. The Morgan fingerprint density at radius 1 is 1.47 bits per heavy atom. The molecule has 3 saturated heterocycles. The number of fused-ring (bicyclic) bond motifs is 1. The lowest BCUT2D eigenvalue weighted by molar-refractivity contribution is -0.188. The van der Waals surface area contributed by atoms with Crippen LogP contribution in [0.25, 0.3) is 0 Å². The van der Waals surface area contributed by atoms with Gasteiger partial charge >= 0.3 is 5.97 Å². The molecule has 4 nitrogen and oxygen atoms in total. The van der Waals surface area contributed by atoms with Crippen LogP contribution in [0.3, 0.4) is 0 Å². The number of carbonyl (C=O) groups is 1. The van der Waals surface area contributed by atoms with E-state index in [4.69, 9.17) is 4.74 Å². The van der Waals surface area contributed by atoms with Gasteiger partial charge in [0.25, 0.3) is 0 Å². The van der Waals surface area contributed by atoms with Crippen LogP contribution in [0.5, 0.6) is 0 Å². The average molecular weight is 235 g/mol. The van der Waals surface area contributed by atoms with E-state index in [0.717, 1.165) is 25.0 Å². The summed E-state index contributed by atoms with van der Waals surface area (Å²) in [5, 5.41) is 10.2. The van der Waals surface area contributed by atoms with Crippen LogP contribution in [0, 0.1) is 0 Å². The van der Waals surface area contributed by atoms with Gasteiger partial charge < -0.3 is 9.84 Å². The van der Waals surface area contributed by atoms with Gasteiger partial charge in [-0.25, -0.2) is 4.79 Å². The summed E-state index contributed by atoms with van der Waals surface area (Å²) < 4.78 is 5.65. The van der Waals surface area contributed by atoms with Gasteiger partial charge in [-0.05, 0) is 31.4 Å². The van der Waals surface area contributed by atoms with Crippen molar-refractivity contribution in [1.82, 2.24) is 4.90 Å². The molecule has 17 heavy (non-hydrogen) atoms. The number of rotatable bonds is 0. The van der Waals surface area contributed by atoms with Gasteiger partial charge in [-0.15, -0.1) is 0 Å². The topological polar surface area (TPSA) is 49.8 Å². The van der Waals surface area contributed by atoms with E-state index < -0.39 is 5.60 Å². The van der Waals surface area contributed by atoms with Gasteiger partial charge in [0.15, 0.2) is 5.60 Å². The zero-order valence-corrected chi connectivity index (χ0v) is 9.76. The van der Waals surface area contributed by atoms with Crippen molar-refractivity contribution in [2.24, 2.45) is 0 Å². The van der Waals surface area contributed by atoms with Gasteiger partial charge in [-0.1, -0.05) is 6.42 Å². The fraction of sp³-hybridized carbons (Fsp3) is 0.769. The Morgan fingerprint density at radius 3 is 3.24 bits per heavy atom. The minimum Gasteiger partial charge on any atom is -0.450 e. The molecule has 0 unspecified atom stereocenters. The van der Waals surface area contributed by atoms with Crippen LogP contribution in [0.2, 0.25) is 0 Å². The first kappa shape index (κ1) is 10.1. The first-order valence-electron chi connectivity index (χ1n) is 6.58. The molecule has 4 atom stereocenters. The van der Waals surface area contributed by atoms with Crippen LogP contribution in [-0.2, 0) is 9.53 Å². The summed E-state index contributed by atoms with van der Waals surface area (Å²) >= 11 is 0. The van der Waals surface area contributed by atoms with Crippen LogP contribution >= 0.6 is 0 Å². The largest absolute Gasteiger partial charge is 0.450 e. The second-order valence-corrected chi connectivity index (χ2v) is 5.77. The Hall–Kier alpha value is -0.870. The minimum atomic E-state index is -0.480. The second kappa shape index (κ2) is 3.12. The molecule has 1 saturated carbocycles. The van der Waals surface area contributed by atoms with Crippen LogP contribution in [-0.4, -0.2) is 46.3 Å². The summed E-state index contributed by atoms with van der Waals surface area (Å²) in [6.07, 6.45) is 6.24. The highest BCUT2D eigenvalue weighted by molar-refractivity contribution is 5.87. The quantitative estimate of drug-likeness (QED) is 0.625. The van der Waals surface area contributed by atoms with E-state index in [1.807, 2.05) is 0 Å². The van der Waals surface area contributed by atoms with Crippen LogP contribution in [0.1, 0.15) is 32.1 Å². The molecule has 92 valence electrons. The van der Waals surface area contributed by atoms with E-state index in [0.29, 0.717) is 12.5 Å². The van der Waals surface area contributed by atoms with Crippen LogP contribution in [0.15, 0.2) is 11.6 Å². The molecule has 4 aliphatic heterocycles. The fourth-order valence-corrected chi connectivity index (χ4v) is 4.36. The van der Waals surface area contributed by atoms with Crippen molar-refractivity contribution in [2.75, 3.05) is 6.54 Å². The number of aliphatic hydroxyl groups excluding tert-OH is 1. The van der Waals surface area contributed by atoms with Crippen molar-refractivity contribution < 1.29 is 14.6 Å². The van der Waals surface area contributed by atoms with Crippen molar-refractivity contribution in [3.63, 3.8) is 0 Å². The Bertz CT molecular complexity index is 419. The third-order valence-electron chi connectivity index (χ3n) is 5.01. The molecular weight excluding hydrogens is 218 g/mol. The molecule has 1 spiro atoms. The number of esters is 1. The van der Waals surface area contributed by atoms with E-state index >= 15 is 0 Å². The number of hydrogen-bond donors (Lipinski definition) is 1. The number of nitrogens with zero attached hydrogens (tertiary/aromatic N) is 1. The van der Waals surface area contributed by atoms with Gasteiger partial charge in [0, 0.05) is 18.5 Å². The monoisotopic (exact) mass is 235 g/mol. The Kier molecular flexibility index (Phi) is 1.85. The predicted octanol–water partition coefficient (Wildman–Crippen LogP) is 0.600. The van der Waals surface area contributed by atoms with Crippen LogP contribution in [0.4, 0.5) is 0 Å². The molecule has 5 rings (SSSR count). The Labute approximate surface area is 100 Å². The number of piperidine rings is 3. The van der Waals surface area contributed by atoms with Crippen molar-refractivity contribution in [2.45, 2.75) is 55.9 Å². The molecule has 0 amide bonds. The summed E-state index contributed by atoms with van der Waals surface area (Å²) in [5.41, 5.74) is 0.659. The van der Waals surface area contributed by atoms with Gasteiger partial charge in [0.2, 0.25) is 0 Å². The van der Waals surface area contributed by atoms with Crippen molar-refractivity contribution in [3.8, 4) is 0 Å². The molecule has 5 aliphatic rings. The second-order valence-electron chi connectivity index (χ2n) is 5.77. The highest BCUT2D eigenvalue weighted by atomic mass is 16.6. The van der Waals surface area contributed by atoms with E-state index in [1.165, 1.54) is 12.8 Å². The molecule has 4 fully saturated rings. The first-order chi connectivity index (χ1) is 8.21. The molecule has 1 N–H and O–H groups in total. The standard InChI is InChI=1S/C13H17NO3/c15-10-7-13-8(6-12(16)17-13)5-9(10)14-4-2-1-3-11(13)14/h6,9-11,15H,1-5,7H2/t9-,10+,11+,13+/m0/s1. The molecule has 0 aromatic carbocycles. The van der Waals surface area contributed by atoms with Gasteiger partial charge in [0.05, 0.1) is 12.1 Å². The third kappa shape index (κ3) is 1.13. The molecule has 0 radical (unpaired) electrons. The summed E-state index contributed by atoms with van der Waals surface area (Å²) in [5.74, 6) is -0.208. The lowest BCUT2D eigenvalue weighted by Gasteiger charge is -2.60. The SMILES string of the molecule is O=C1C=C2C[C@H]3[C@H](O)C[C@]2(O1)[C@H]1CCCCN31. The summed E-state index contributed by atoms with van der Waals surface area (Å²) in [6.45, 7) is 1.04. The Balaban J connectivity index is 1.82. The lowest BCUT2D eigenvalue weighted by Crippen LogP contribution is -2.71. The van der Waals surface area contributed by atoms with E-state index in [9.17, 15) is 9.90 Å². The maximum absolute atomic E-state index is 11.6. The molecule has 0 aromatic rings. The predicted molar refractivity (Wildman–Crippen MR) is 60.3 cm³/mol. The number of carbonyl (C=O) groups excluding carboxylic acids is 1. The van der Waals surface area contributed by atoms with E-state index in [1.54, 1.807) is 6.08 Å². The lowest BCUT2D eigenvalue weighted by atomic mass is 9.64. The normalized spacial score (nSPS) is 48.4. The van der Waals surface area contributed by atoms with Gasteiger partial charge in [0.1, 0.15) is 0 Å². The molecule has 1 aliphatic carbocycles. The summed E-state index contributed by atoms with van der Waals surface area (Å²) in [6, 6.07) is 0.527. The summed E-state index contributed by atoms with van der Waals surface area (Å²) in [7, 11) is 0. The summed E-state index contributed by atoms with van der Waals surface area (Å²) in [4.78, 5) is 14.0. The zero-order chi connectivity index (χ0) is 11.6. The van der Waals surface area contributed by atoms with E-state index in [2.05, 4.69) is 4.90 Å². The molecule has 4 heteroatoms. The maximum atomic E-state index is 11.6. The number of hydrogen-bond acceptors (Lipinski definition) is 4. The van der Waals surface area contributed by atoms with E-state index in [-0.39, 0.29) is 18.1 Å². The Morgan fingerprint density at radius 2 is 2.35 bits per heavy atom. The highest BCUT2D eigenvalue weighted by Gasteiger charge is 2.62. The molecule has 2 bridgehead atoms. The molecule has 0 aromatic heterocycles.